The molecule has 0 saturated carbocycles. The van der Waals surface area contributed by atoms with Crippen LogP contribution in [0.5, 0.6) is 0 Å². The van der Waals surface area contributed by atoms with Gasteiger partial charge in [-0.1, -0.05) is 340 Å². The minimum Gasteiger partial charge on any atom is -0.456 e. The second-order valence-corrected chi connectivity index (χ2v) is 30.1. The van der Waals surface area contributed by atoms with Crippen LogP contribution in [0, 0.1) is 0 Å². The third-order valence-electron chi connectivity index (χ3n) is 23.5. The zero-order valence-electron chi connectivity index (χ0n) is 63.3. The van der Waals surface area contributed by atoms with E-state index in [2.05, 4.69) is 441 Å². The Balaban J connectivity index is 0.581. The molecule has 20 aromatic carbocycles. The van der Waals surface area contributed by atoms with E-state index in [1.165, 1.54) is 76.5 Å². The topological polar surface area (TPSA) is 32.8 Å². The van der Waals surface area contributed by atoms with Crippen molar-refractivity contribution < 1.29 is 8.83 Å². The van der Waals surface area contributed by atoms with Gasteiger partial charge in [0.05, 0.1) is 11.4 Å². The summed E-state index contributed by atoms with van der Waals surface area (Å²) in [4.78, 5) is 4.82. The zero-order valence-corrected chi connectivity index (χ0v) is 63.3. The molecule has 4 heteroatoms. The summed E-state index contributed by atoms with van der Waals surface area (Å²) < 4.78 is 13.3. The van der Waals surface area contributed by atoms with Crippen molar-refractivity contribution in [2.24, 2.45) is 0 Å². The van der Waals surface area contributed by atoms with Crippen LogP contribution < -0.4 is 9.80 Å². The van der Waals surface area contributed by atoms with Gasteiger partial charge in [0.1, 0.15) is 22.3 Å². The maximum absolute atomic E-state index is 6.85. The first-order valence-corrected chi connectivity index (χ1v) is 39.7. The molecule has 0 amide bonds. The molecule has 2 heterocycles. The summed E-state index contributed by atoms with van der Waals surface area (Å²) in [6, 6.07) is 159. The van der Waals surface area contributed by atoms with Crippen LogP contribution in [0.25, 0.3) is 187 Å². The molecule has 4 nitrogen and oxygen atoms in total. The maximum Gasteiger partial charge on any atom is 0.136 e. The number of anilines is 6. The Morgan fingerprint density at radius 3 is 0.957 bits per heavy atom. The first kappa shape index (κ1) is 67.5. The molecule has 0 unspecified atom stereocenters. The fraction of sp³-hybridized carbons (Fsp3) is 0. The molecule has 2 aromatic heterocycles. The van der Waals surface area contributed by atoms with Crippen LogP contribution in [0.1, 0.15) is 0 Å². The van der Waals surface area contributed by atoms with Crippen molar-refractivity contribution >= 4 is 121 Å². The molecule has 0 aliphatic rings. The molecule has 0 N–H and O–H groups in total. The van der Waals surface area contributed by atoms with Gasteiger partial charge in [-0.15, -0.1) is 0 Å². The third-order valence-corrected chi connectivity index (χ3v) is 23.5. The van der Waals surface area contributed by atoms with Crippen LogP contribution in [-0.2, 0) is 0 Å². The molecule has 22 aromatic rings. The van der Waals surface area contributed by atoms with Gasteiger partial charge in [0.15, 0.2) is 0 Å². The molecule has 0 spiro atoms. The van der Waals surface area contributed by atoms with E-state index in [4.69, 9.17) is 8.83 Å². The maximum atomic E-state index is 6.85. The fourth-order valence-corrected chi connectivity index (χ4v) is 17.9. The van der Waals surface area contributed by atoms with Gasteiger partial charge in [-0.05, 0) is 229 Å². The molecule has 0 bridgehead atoms. The Morgan fingerprint density at radius 1 is 0.147 bits per heavy atom. The minimum absolute atomic E-state index is 0.837. The van der Waals surface area contributed by atoms with Crippen molar-refractivity contribution in [3.8, 4) is 100 Å². The molecule has 116 heavy (non-hydrogen) atoms. The van der Waals surface area contributed by atoms with E-state index >= 15 is 0 Å². The van der Waals surface area contributed by atoms with Crippen molar-refractivity contribution in [3.05, 3.63) is 437 Å². The lowest BCUT2D eigenvalue weighted by molar-refractivity contribution is 0.668. The number of rotatable bonds is 15. The predicted octanol–water partition coefficient (Wildman–Crippen LogP) is 32.0. The summed E-state index contributed by atoms with van der Waals surface area (Å²) in [5, 5.41) is 14.1. The number of hydrogen-bond acceptors (Lipinski definition) is 4. The standard InChI is InChI=1S/C112H72N2O2/c1-4-29-91-76(20-1)23-14-35-94(91)79-52-48-75(49-53-79)83-26-13-28-90(71-83)114(89-66-58-82(59-67-89)96-37-16-25-78-22-3-6-31-93(78)96)106-42-11-8-33-100(106)102-40-19-45-110-112(102)104-72-85(61-69-108(104)116-110)84-60-68-98-86(70-84)27-17-38-97(98)80-50-46-73(47-51-80)74-54-62-87(63-55-74)113(88-64-56-81(57-65-88)95-36-15-24-77-21-2-5-30-92(77)95)105-41-10-7-32-99(105)101-39-18-44-109-111(101)103-34-9-12-43-107(103)115-109/h1-72H. The summed E-state index contributed by atoms with van der Waals surface area (Å²) in [6.45, 7) is 0. The van der Waals surface area contributed by atoms with Crippen LogP contribution >= 0.6 is 0 Å². The lowest BCUT2D eigenvalue weighted by atomic mass is 9.93. The van der Waals surface area contributed by atoms with Gasteiger partial charge in [0.25, 0.3) is 0 Å². The Morgan fingerprint density at radius 2 is 0.448 bits per heavy atom. The number of nitrogens with zero attached hydrogens (tertiary/aromatic N) is 2. The average Bonchev–Trinajstić information content (AvgIpc) is 1.50. The zero-order chi connectivity index (χ0) is 76.6. The highest BCUT2D eigenvalue weighted by molar-refractivity contribution is 6.17. The van der Waals surface area contributed by atoms with Gasteiger partial charge >= 0.3 is 0 Å². The highest BCUT2D eigenvalue weighted by atomic mass is 16.3. The molecule has 0 aliphatic carbocycles. The monoisotopic (exact) mass is 1480 g/mol. The first-order chi connectivity index (χ1) is 57.5. The summed E-state index contributed by atoms with van der Waals surface area (Å²) in [5.74, 6) is 0. The van der Waals surface area contributed by atoms with Crippen molar-refractivity contribution in [2.75, 3.05) is 9.80 Å². The quantitative estimate of drug-likeness (QED) is 0.102. The average molecular weight is 1480 g/mol. The van der Waals surface area contributed by atoms with Crippen molar-refractivity contribution in [2.45, 2.75) is 0 Å². The van der Waals surface area contributed by atoms with Crippen LogP contribution in [0.4, 0.5) is 34.1 Å². The Hall–Kier alpha value is -15.4. The molecular formula is C112H72N2O2. The van der Waals surface area contributed by atoms with E-state index in [1.807, 2.05) is 6.07 Å². The van der Waals surface area contributed by atoms with Crippen LogP contribution in [0.3, 0.4) is 0 Å². The smallest absolute Gasteiger partial charge is 0.136 e. The first-order valence-electron chi connectivity index (χ1n) is 39.7. The molecule has 0 aliphatic heterocycles. The second kappa shape index (κ2) is 28.4. The van der Waals surface area contributed by atoms with Crippen molar-refractivity contribution in [1.82, 2.24) is 0 Å². The molecular weight excluding hydrogens is 1410 g/mol. The van der Waals surface area contributed by atoms with Crippen LogP contribution in [-0.4, -0.2) is 0 Å². The highest BCUT2D eigenvalue weighted by Gasteiger charge is 2.25. The Kier molecular flexibility index (Phi) is 16.6. The third kappa shape index (κ3) is 11.9. The van der Waals surface area contributed by atoms with Gasteiger partial charge in [-0.25, -0.2) is 0 Å². The lowest BCUT2D eigenvalue weighted by Gasteiger charge is -2.28. The van der Waals surface area contributed by atoms with Gasteiger partial charge in [0, 0.05) is 55.4 Å². The largest absolute Gasteiger partial charge is 0.456 e. The van der Waals surface area contributed by atoms with E-state index in [0.29, 0.717) is 0 Å². The Bertz CT molecular complexity index is 7540. The van der Waals surface area contributed by atoms with Gasteiger partial charge in [-0.2, -0.15) is 0 Å². The molecule has 0 atom stereocenters. The predicted molar refractivity (Wildman–Crippen MR) is 489 cm³/mol. The van der Waals surface area contributed by atoms with E-state index < -0.39 is 0 Å². The summed E-state index contributed by atoms with van der Waals surface area (Å²) in [5.41, 5.74) is 30.4. The van der Waals surface area contributed by atoms with Gasteiger partial charge < -0.3 is 18.6 Å². The van der Waals surface area contributed by atoms with Gasteiger partial charge in [0.2, 0.25) is 0 Å². The van der Waals surface area contributed by atoms with Crippen LogP contribution in [0.2, 0.25) is 0 Å². The molecule has 0 fully saturated rings. The van der Waals surface area contributed by atoms with E-state index in [1.54, 1.807) is 0 Å². The van der Waals surface area contributed by atoms with Crippen LogP contribution in [0.15, 0.2) is 446 Å². The SMILES string of the molecule is c1cc(-c2ccc(-c3cccc4ccccc34)cc2)cc(N(c2ccc(-c3cccc4ccccc34)cc2)c2ccccc2-c2cccc3oc4ccc(-c5ccc6c(-c7ccc(-c8ccc(N(c9ccc(-c%10cccc%11ccccc%10%11)cc9)c9ccccc9-c9cccc%10oc%11ccccc%11c9%10)cc8)cc7)cccc6c5)cc4c23)c1. The molecule has 542 valence electrons. The highest BCUT2D eigenvalue weighted by Crippen LogP contribution is 2.50. The van der Waals surface area contributed by atoms with E-state index in [0.717, 1.165) is 145 Å². The molecule has 22 rings (SSSR count). The molecule has 0 saturated heterocycles. The van der Waals surface area contributed by atoms with E-state index in [-0.39, 0.29) is 0 Å². The number of hydrogen-bond donors (Lipinski definition) is 0. The van der Waals surface area contributed by atoms with Crippen molar-refractivity contribution in [3.63, 3.8) is 0 Å². The fourth-order valence-electron chi connectivity index (χ4n) is 17.9. The number of fused-ring (bicyclic) bond motifs is 10. The minimum atomic E-state index is 0.837. The second-order valence-electron chi connectivity index (χ2n) is 30.1. The van der Waals surface area contributed by atoms with Crippen molar-refractivity contribution in [1.29, 1.82) is 0 Å². The molecule has 0 radical (unpaired) electrons. The number of furan rings is 2. The van der Waals surface area contributed by atoms with E-state index in [9.17, 15) is 0 Å². The number of para-hydroxylation sites is 3. The Labute approximate surface area is 672 Å². The lowest BCUT2D eigenvalue weighted by Crippen LogP contribution is -2.11. The summed E-state index contributed by atoms with van der Waals surface area (Å²) in [7, 11) is 0. The number of benzene rings is 20. The van der Waals surface area contributed by atoms with Gasteiger partial charge in [-0.3, -0.25) is 0 Å². The normalized spacial score (nSPS) is 11.6. The summed E-state index contributed by atoms with van der Waals surface area (Å²) in [6.07, 6.45) is 0. The summed E-state index contributed by atoms with van der Waals surface area (Å²) >= 11 is 0.